The van der Waals surface area contributed by atoms with E-state index >= 15 is 0 Å². The Labute approximate surface area is 188 Å². The third-order valence-corrected chi connectivity index (χ3v) is 8.48. The van der Waals surface area contributed by atoms with Gasteiger partial charge in [-0.05, 0) is 50.3 Å². The fourth-order valence-electron chi connectivity index (χ4n) is 3.42. The summed E-state index contributed by atoms with van der Waals surface area (Å²) < 4.78 is 26.5. The first kappa shape index (κ1) is 21.7. The molecule has 0 saturated carbocycles. The molecule has 1 fully saturated rings. The average Bonchev–Trinajstić information content (AvgIpc) is 3.33. The highest BCUT2D eigenvalue weighted by Crippen LogP contribution is 2.31. The third kappa shape index (κ3) is 4.57. The maximum Gasteiger partial charge on any atom is 0.327 e. The van der Waals surface area contributed by atoms with Crippen LogP contribution in [0.5, 0.6) is 0 Å². The number of likely N-dealkylation sites (tertiary alicyclic amines) is 1. The van der Waals surface area contributed by atoms with Crippen LogP contribution in [0.2, 0.25) is 5.02 Å². The zero-order valence-electron chi connectivity index (χ0n) is 16.5. The third-order valence-electron chi connectivity index (χ3n) is 5.04. The number of nitrogens with one attached hydrogen (secondary N) is 2. The number of rotatable bonds is 4. The molecule has 1 aliphatic heterocycles. The Morgan fingerprint density at radius 3 is 2.71 bits per heavy atom. The Morgan fingerprint density at radius 1 is 1.23 bits per heavy atom. The molecule has 31 heavy (non-hydrogen) atoms. The number of carbonyl (C=O) groups is 2. The number of imide groups is 1. The smallest absolute Gasteiger partial charge is 0.305 e. The molecule has 2 N–H and O–H groups in total. The molecule has 1 saturated heterocycles. The van der Waals surface area contributed by atoms with Crippen molar-refractivity contribution in [1.82, 2.24) is 15.2 Å². The zero-order chi connectivity index (χ0) is 22.2. The van der Waals surface area contributed by atoms with Crippen LogP contribution in [0.15, 0.2) is 47.4 Å². The molecule has 11 heteroatoms. The van der Waals surface area contributed by atoms with E-state index in [0.717, 1.165) is 17.9 Å². The van der Waals surface area contributed by atoms with Crippen LogP contribution in [0.3, 0.4) is 0 Å². The molecule has 4 rings (SSSR count). The summed E-state index contributed by atoms with van der Waals surface area (Å²) in [7, 11) is -1.54. The second kappa shape index (κ2) is 8.54. The molecule has 162 valence electrons. The van der Waals surface area contributed by atoms with Crippen LogP contribution in [-0.2, 0) is 9.84 Å². The van der Waals surface area contributed by atoms with Crippen molar-refractivity contribution in [2.75, 3.05) is 25.5 Å². The predicted molar refractivity (Wildman–Crippen MR) is 121 cm³/mol. The maximum absolute atomic E-state index is 12.9. The molecule has 8 nitrogen and oxygen atoms in total. The van der Waals surface area contributed by atoms with E-state index in [9.17, 15) is 18.0 Å². The number of halogens is 1. The number of benzene rings is 2. The highest BCUT2D eigenvalue weighted by Gasteiger charge is 2.33. The molecule has 1 aliphatic rings. The summed E-state index contributed by atoms with van der Waals surface area (Å²) in [5, 5.41) is 4.76. The van der Waals surface area contributed by atoms with Gasteiger partial charge in [-0.3, -0.25) is 15.4 Å². The number of hydrogen-bond donors (Lipinski definition) is 2. The monoisotopic (exact) mass is 478 g/mol. The van der Waals surface area contributed by atoms with E-state index in [4.69, 9.17) is 11.6 Å². The van der Waals surface area contributed by atoms with Crippen molar-refractivity contribution in [3.05, 3.63) is 53.1 Å². The van der Waals surface area contributed by atoms with Gasteiger partial charge in [-0.1, -0.05) is 35.1 Å². The Hall–Kier alpha value is -2.53. The average molecular weight is 479 g/mol. The molecule has 0 spiro atoms. The first-order valence-electron chi connectivity index (χ1n) is 9.44. The Bertz CT molecular complexity index is 1280. The number of urea groups is 1. The van der Waals surface area contributed by atoms with E-state index in [1.165, 1.54) is 6.07 Å². The number of fused-ring (bicyclic) bond motifs is 1. The summed E-state index contributed by atoms with van der Waals surface area (Å²) in [6.07, 6.45) is 0.603. The van der Waals surface area contributed by atoms with Crippen molar-refractivity contribution in [2.45, 2.75) is 16.6 Å². The molecule has 0 radical (unpaired) electrons. The summed E-state index contributed by atoms with van der Waals surface area (Å²) >= 11 is 7.10. The summed E-state index contributed by atoms with van der Waals surface area (Å²) in [6.45, 7) is 1.26. The summed E-state index contributed by atoms with van der Waals surface area (Å²) in [4.78, 5) is 30.9. The first-order chi connectivity index (χ1) is 14.7. The number of aromatic nitrogens is 1. The minimum absolute atomic E-state index is 0.177. The topological polar surface area (TPSA) is 108 Å². The molecule has 2 aromatic carbocycles. The van der Waals surface area contributed by atoms with Gasteiger partial charge >= 0.3 is 6.03 Å². The largest absolute Gasteiger partial charge is 0.327 e. The maximum atomic E-state index is 12.9. The number of thiazole rings is 1. The van der Waals surface area contributed by atoms with Gasteiger partial charge in [0, 0.05) is 6.54 Å². The lowest BCUT2D eigenvalue weighted by Crippen LogP contribution is -2.34. The van der Waals surface area contributed by atoms with Gasteiger partial charge in [-0.25, -0.2) is 18.2 Å². The molecule has 0 bridgehead atoms. The quantitative estimate of drug-likeness (QED) is 0.595. The van der Waals surface area contributed by atoms with E-state index in [-0.39, 0.29) is 20.6 Å². The van der Waals surface area contributed by atoms with Crippen molar-refractivity contribution in [2.24, 2.45) is 0 Å². The molecule has 1 unspecified atom stereocenters. The van der Waals surface area contributed by atoms with Crippen molar-refractivity contribution < 1.29 is 18.0 Å². The lowest BCUT2D eigenvalue weighted by molar-refractivity contribution is 0.0967. The number of sulfone groups is 1. The van der Waals surface area contributed by atoms with Gasteiger partial charge in [0.2, 0.25) is 0 Å². The van der Waals surface area contributed by atoms with E-state index in [2.05, 4.69) is 15.6 Å². The minimum Gasteiger partial charge on any atom is -0.305 e. The Balaban J connectivity index is 1.49. The van der Waals surface area contributed by atoms with Crippen LogP contribution in [0, 0.1) is 0 Å². The zero-order valence-corrected chi connectivity index (χ0v) is 18.9. The van der Waals surface area contributed by atoms with Crippen LogP contribution in [0.1, 0.15) is 16.8 Å². The lowest BCUT2D eigenvalue weighted by Gasteiger charge is -2.12. The normalized spacial score (nSPS) is 17.0. The van der Waals surface area contributed by atoms with Crippen LogP contribution in [0.4, 0.5) is 9.93 Å². The number of amides is 3. The second-order valence-electron chi connectivity index (χ2n) is 7.25. The number of hydrogen-bond acceptors (Lipinski definition) is 7. The standard InChI is InChI=1S/C20H19ClN4O4S2/c1-25-9-8-13(11-25)31(28,29)12-6-7-16-17(10-12)30-20(22-16)24-19(27)23-18(26)14-4-2-3-5-15(14)21/h2-7,10,13H,8-9,11H2,1H3,(H2,22,23,24,26,27). The van der Waals surface area contributed by atoms with Crippen molar-refractivity contribution in [1.29, 1.82) is 0 Å². The molecule has 3 aromatic rings. The molecule has 1 aromatic heterocycles. The summed E-state index contributed by atoms with van der Waals surface area (Å²) in [5.41, 5.74) is 0.733. The van der Waals surface area contributed by atoms with Gasteiger partial charge in [0.1, 0.15) is 0 Å². The highest BCUT2D eigenvalue weighted by atomic mass is 35.5. The highest BCUT2D eigenvalue weighted by molar-refractivity contribution is 7.92. The van der Waals surface area contributed by atoms with Crippen molar-refractivity contribution >= 4 is 60.1 Å². The van der Waals surface area contributed by atoms with E-state index < -0.39 is 27.0 Å². The molecule has 1 atom stereocenters. The number of anilines is 1. The van der Waals surface area contributed by atoms with Crippen molar-refractivity contribution in [3.63, 3.8) is 0 Å². The van der Waals surface area contributed by atoms with Gasteiger partial charge in [0.05, 0.1) is 30.9 Å². The Morgan fingerprint density at radius 2 is 2.00 bits per heavy atom. The first-order valence-corrected chi connectivity index (χ1v) is 12.2. The summed E-state index contributed by atoms with van der Waals surface area (Å²) in [6, 6.07) is 10.4. The lowest BCUT2D eigenvalue weighted by atomic mass is 10.2. The van der Waals surface area contributed by atoms with Gasteiger partial charge < -0.3 is 4.90 Å². The van der Waals surface area contributed by atoms with Gasteiger partial charge in [-0.15, -0.1) is 0 Å². The number of carbonyl (C=O) groups excluding carboxylic acids is 2. The van der Waals surface area contributed by atoms with Crippen molar-refractivity contribution in [3.8, 4) is 0 Å². The SMILES string of the molecule is CN1CCC(S(=O)(=O)c2ccc3nc(NC(=O)NC(=O)c4ccccc4Cl)sc3c2)C1. The molecule has 2 heterocycles. The van der Waals surface area contributed by atoms with Crippen LogP contribution in [-0.4, -0.2) is 55.6 Å². The van der Waals surface area contributed by atoms with Crippen LogP contribution >= 0.6 is 22.9 Å². The van der Waals surface area contributed by atoms with Gasteiger partial charge in [0.15, 0.2) is 15.0 Å². The van der Waals surface area contributed by atoms with Crippen LogP contribution < -0.4 is 10.6 Å². The van der Waals surface area contributed by atoms with Crippen LogP contribution in [0.25, 0.3) is 10.2 Å². The van der Waals surface area contributed by atoms with E-state index in [1.807, 2.05) is 11.9 Å². The Kier molecular flexibility index (Phi) is 5.98. The molecule has 0 aliphatic carbocycles. The molecule has 3 amide bonds. The predicted octanol–water partition coefficient (Wildman–Crippen LogP) is 3.39. The second-order valence-corrected chi connectivity index (χ2v) is 10.9. The van der Waals surface area contributed by atoms with Gasteiger partial charge in [0.25, 0.3) is 5.91 Å². The van der Waals surface area contributed by atoms with Gasteiger partial charge in [-0.2, -0.15) is 0 Å². The fourth-order valence-corrected chi connectivity index (χ4v) is 6.41. The number of nitrogens with zero attached hydrogens (tertiary/aromatic N) is 2. The molecular weight excluding hydrogens is 460 g/mol. The fraction of sp³-hybridized carbons (Fsp3) is 0.250. The summed E-state index contributed by atoms with van der Waals surface area (Å²) in [5.74, 6) is -0.640. The molecular formula is C20H19ClN4O4S2. The minimum atomic E-state index is -3.45. The van der Waals surface area contributed by atoms with E-state index in [1.54, 1.807) is 36.4 Å². The van der Waals surface area contributed by atoms with E-state index in [0.29, 0.717) is 23.2 Å².